The molecule has 5 heterocycles. The van der Waals surface area contributed by atoms with Gasteiger partial charge in [0.05, 0.1) is 40.9 Å². The number of sulfone groups is 1. The van der Waals surface area contributed by atoms with Gasteiger partial charge in [0.15, 0.2) is 21.3 Å². The van der Waals surface area contributed by atoms with Crippen molar-refractivity contribution in [1.82, 2.24) is 24.4 Å². The van der Waals surface area contributed by atoms with E-state index in [4.69, 9.17) is 4.74 Å². The van der Waals surface area contributed by atoms with Gasteiger partial charge < -0.3 is 19.6 Å². The van der Waals surface area contributed by atoms with Gasteiger partial charge in [-0.15, -0.1) is 0 Å². The Morgan fingerprint density at radius 1 is 1.16 bits per heavy atom. The number of carbonyl (C=O) groups is 1. The molecule has 0 saturated carbocycles. The first-order valence-corrected chi connectivity index (χ1v) is 15.1. The van der Waals surface area contributed by atoms with Crippen molar-refractivity contribution in [2.45, 2.75) is 23.1 Å². The molecule has 0 bridgehead atoms. The molecule has 12 nitrogen and oxygen atoms in total. The van der Waals surface area contributed by atoms with Crippen LogP contribution in [0.3, 0.4) is 0 Å². The van der Waals surface area contributed by atoms with Crippen molar-refractivity contribution in [2.75, 3.05) is 37.7 Å². The van der Waals surface area contributed by atoms with Crippen molar-refractivity contribution in [3.8, 4) is 22.7 Å². The average molecular weight is 625 g/mol. The van der Waals surface area contributed by atoms with E-state index in [1.54, 1.807) is 16.7 Å². The Hall–Kier alpha value is -4.76. The molecule has 44 heavy (non-hydrogen) atoms. The Kier molecular flexibility index (Phi) is 7.37. The number of ether oxygens (including phenoxy) is 1. The molecule has 0 aliphatic carbocycles. The van der Waals surface area contributed by atoms with Gasteiger partial charge in [0.25, 0.3) is 0 Å². The summed E-state index contributed by atoms with van der Waals surface area (Å²) in [6.45, 7) is 5.98. The van der Waals surface area contributed by atoms with Crippen molar-refractivity contribution in [1.29, 1.82) is 0 Å². The van der Waals surface area contributed by atoms with Crippen LogP contribution in [0.15, 0.2) is 65.1 Å². The number of piperazine rings is 1. The summed E-state index contributed by atoms with van der Waals surface area (Å²) in [4.78, 5) is 41.8. The summed E-state index contributed by atoms with van der Waals surface area (Å²) in [6.07, 6.45) is 3.61. The highest BCUT2D eigenvalue weighted by Gasteiger charge is 2.37. The van der Waals surface area contributed by atoms with E-state index in [2.05, 4.69) is 21.5 Å². The van der Waals surface area contributed by atoms with Crippen molar-refractivity contribution >= 4 is 32.6 Å². The zero-order valence-corrected chi connectivity index (χ0v) is 24.2. The highest BCUT2D eigenvalue weighted by Crippen LogP contribution is 2.36. The molecule has 2 aliphatic rings. The van der Waals surface area contributed by atoms with Crippen molar-refractivity contribution in [3.63, 3.8) is 0 Å². The molecule has 2 aliphatic heterocycles. The summed E-state index contributed by atoms with van der Waals surface area (Å²) >= 11 is 0. The van der Waals surface area contributed by atoms with Crippen molar-refractivity contribution in [2.24, 2.45) is 0 Å². The maximum absolute atomic E-state index is 15.8. The number of fused-ring (bicyclic) bond motifs is 1. The molecule has 0 unspecified atom stereocenters. The molecule has 1 N–H and O–H groups in total. The van der Waals surface area contributed by atoms with E-state index in [0.29, 0.717) is 0 Å². The van der Waals surface area contributed by atoms with E-state index in [1.807, 2.05) is 0 Å². The molecule has 228 valence electrons. The monoisotopic (exact) mass is 624 g/mol. The number of aromatic nitrogens is 4. The number of aromatic hydroxyl groups is 1. The first-order chi connectivity index (χ1) is 21.0. The van der Waals surface area contributed by atoms with Gasteiger partial charge in [-0.2, -0.15) is 4.98 Å². The van der Waals surface area contributed by atoms with Gasteiger partial charge in [-0.25, -0.2) is 31.5 Å². The number of anilines is 1. The predicted octanol–water partition coefficient (Wildman–Crippen LogP) is 2.22. The molecule has 15 heteroatoms. The molecular formula is C29H26F2N6O6S. The number of hydrogen-bond donors (Lipinski definition) is 1. The lowest BCUT2D eigenvalue weighted by atomic mass is 10.1. The molecular weight excluding hydrogens is 598 g/mol. The Bertz CT molecular complexity index is 1980. The molecule has 0 spiro atoms. The summed E-state index contributed by atoms with van der Waals surface area (Å²) < 4.78 is 63.7. The Morgan fingerprint density at radius 3 is 2.59 bits per heavy atom. The Morgan fingerprint density at radius 2 is 1.93 bits per heavy atom. The van der Waals surface area contributed by atoms with Gasteiger partial charge in [0, 0.05) is 31.9 Å². The summed E-state index contributed by atoms with van der Waals surface area (Å²) in [5, 5.41) is 9.59. The van der Waals surface area contributed by atoms with Crippen LogP contribution in [-0.4, -0.2) is 88.0 Å². The van der Waals surface area contributed by atoms with Crippen LogP contribution in [0, 0.1) is 11.6 Å². The van der Waals surface area contributed by atoms with Gasteiger partial charge in [-0.3, -0.25) is 9.78 Å². The second-order valence-electron chi connectivity index (χ2n) is 10.5. The third-order valence-corrected chi connectivity index (χ3v) is 9.88. The predicted molar refractivity (Wildman–Crippen MR) is 155 cm³/mol. The minimum absolute atomic E-state index is 0.0104. The van der Waals surface area contributed by atoms with Crippen LogP contribution in [0.2, 0.25) is 0 Å². The molecule has 4 aromatic rings. The van der Waals surface area contributed by atoms with Crippen molar-refractivity contribution < 1.29 is 31.8 Å². The summed E-state index contributed by atoms with van der Waals surface area (Å²) in [7, 11) is -4.02. The fourth-order valence-corrected chi connectivity index (χ4v) is 7.02. The largest absolute Gasteiger partial charge is 0.507 e. The van der Waals surface area contributed by atoms with E-state index < -0.39 is 49.4 Å². The highest BCUT2D eigenvalue weighted by atomic mass is 32.2. The molecule has 2 saturated heterocycles. The first-order valence-electron chi connectivity index (χ1n) is 13.6. The number of phenols is 1. The van der Waals surface area contributed by atoms with Crippen LogP contribution in [0.5, 0.6) is 5.75 Å². The van der Waals surface area contributed by atoms with E-state index in [0.717, 1.165) is 29.0 Å². The summed E-state index contributed by atoms with van der Waals surface area (Å²) in [6, 6.07) is 5.28. The Labute approximate surface area is 249 Å². The lowest BCUT2D eigenvalue weighted by Crippen LogP contribution is -2.54. The number of amides is 1. The quantitative estimate of drug-likeness (QED) is 0.317. The fourth-order valence-electron chi connectivity index (χ4n) is 5.42. The molecule has 1 aromatic carbocycles. The van der Waals surface area contributed by atoms with E-state index in [-0.39, 0.29) is 72.2 Å². The van der Waals surface area contributed by atoms with Crippen LogP contribution in [-0.2, 0) is 19.4 Å². The SMILES string of the molecule is C=CC(=O)N1CCN(c2nc(=O)n(-c3cnccc3S(=O)(=O)C3COC3)c3nc(-c4c(O)cccc4F)c(F)cc23)[C@@H](C)C1. The minimum Gasteiger partial charge on any atom is -0.507 e. The topological polar surface area (TPSA) is 148 Å². The molecule has 6 rings (SSSR count). The number of rotatable bonds is 6. The zero-order chi connectivity index (χ0) is 31.3. The van der Waals surface area contributed by atoms with Crippen LogP contribution in [0.1, 0.15) is 6.92 Å². The Balaban J connectivity index is 1.63. The molecule has 1 amide bonds. The lowest BCUT2D eigenvalue weighted by molar-refractivity contribution is -0.126. The van der Waals surface area contributed by atoms with Gasteiger partial charge in [0.1, 0.15) is 28.3 Å². The van der Waals surface area contributed by atoms with Crippen molar-refractivity contribution in [3.05, 3.63) is 77.5 Å². The van der Waals surface area contributed by atoms with Crippen LogP contribution >= 0.6 is 0 Å². The van der Waals surface area contributed by atoms with Gasteiger partial charge in [-0.1, -0.05) is 12.6 Å². The van der Waals surface area contributed by atoms with Crippen LogP contribution in [0.25, 0.3) is 28.0 Å². The van der Waals surface area contributed by atoms with E-state index in [9.17, 15) is 27.5 Å². The molecule has 1 atom stereocenters. The smallest absolute Gasteiger partial charge is 0.355 e. The molecule has 0 radical (unpaired) electrons. The number of carbonyl (C=O) groups excluding carboxylic acids is 1. The molecule has 2 fully saturated rings. The van der Waals surface area contributed by atoms with E-state index in [1.165, 1.54) is 24.4 Å². The van der Waals surface area contributed by atoms with Gasteiger partial charge >= 0.3 is 5.69 Å². The van der Waals surface area contributed by atoms with Gasteiger partial charge in [0.2, 0.25) is 5.91 Å². The van der Waals surface area contributed by atoms with Gasteiger partial charge in [-0.05, 0) is 37.3 Å². The van der Waals surface area contributed by atoms with Crippen LogP contribution < -0.4 is 10.6 Å². The van der Waals surface area contributed by atoms with E-state index >= 15 is 4.39 Å². The zero-order valence-electron chi connectivity index (χ0n) is 23.4. The maximum Gasteiger partial charge on any atom is 0.355 e. The minimum atomic E-state index is -4.02. The normalized spacial score (nSPS) is 17.5. The highest BCUT2D eigenvalue weighted by molar-refractivity contribution is 7.92. The lowest BCUT2D eigenvalue weighted by Gasteiger charge is -2.40. The first kappa shape index (κ1) is 29.3. The van der Waals surface area contributed by atoms with Crippen LogP contribution in [0.4, 0.5) is 14.6 Å². The third-order valence-electron chi connectivity index (χ3n) is 7.77. The number of benzene rings is 1. The summed E-state index contributed by atoms with van der Waals surface area (Å²) in [5.74, 6) is -2.81. The molecule has 3 aromatic heterocycles. The number of halogens is 2. The number of pyridine rings is 2. The second kappa shape index (κ2) is 11.1. The summed E-state index contributed by atoms with van der Waals surface area (Å²) in [5.41, 5.74) is -2.54. The number of phenolic OH excluding ortho intramolecular Hbond substituents is 1. The second-order valence-corrected chi connectivity index (χ2v) is 12.7. The average Bonchev–Trinajstić information content (AvgIpc) is 2.96. The third kappa shape index (κ3) is 4.77. The maximum atomic E-state index is 15.8. The number of nitrogens with zero attached hydrogens (tertiary/aromatic N) is 6. The number of hydrogen-bond acceptors (Lipinski definition) is 10. The standard InChI is InChI=1S/C29H26F2N6O6S/c1-3-24(39)35-9-10-36(16(2)13-35)27-18-11-20(31)26(25-19(30)5-4-6-22(25)38)33-28(18)37(29(40)34-27)21-12-32-8-7-23(21)44(41,42)17-14-43-15-17/h3-8,11-12,16-17,38H,1,9-10,13-15H2,2H3/t16-/m0/s1. The fraction of sp³-hybridized carbons (Fsp3) is 0.276.